The van der Waals surface area contributed by atoms with Gasteiger partial charge in [0, 0.05) is 26.2 Å². The Balaban J connectivity index is 1.68. The van der Waals surface area contributed by atoms with Crippen molar-refractivity contribution in [2.24, 2.45) is 11.3 Å². The first-order chi connectivity index (χ1) is 11.5. The van der Waals surface area contributed by atoms with Gasteiger partial charge in [0.15, 0.2) is 0 Å². The molecule has 136 valence electrons. The summed E-state index contributed by atoms with van der Waals surface area (Å²) in [5.41, 5.74) is -0.958. The van der Waals surface area contributed by atoms with Gasteiger partial charge < -0.3 is 20.5 Å². The molecule has 2 amide bonds. The van der Waals surface area contributed by atoms with Gasteiger partial charge in [0.2, 0.25) is 11.8 Å². The Morgan fingerprint density at radius 1 is 1.00 bits per heavy atom. The van der Waals surface area contributed by atoms with Gasteiger partial charge in [0.25, 0.3) is 0 Å². The lowest BCUT2D eigenvalue weighted by atomic mass is 9.80. The topological polar surface area (TPSA) is 105 Å². The van der Waals surface area contributed by atoms with Crippen molar-refractivity contribution in [1.29, 1.82) is 0 Å². The Bertz CT molecular complexity index is 454. The van der Waals surface area contributed by atoms with Gasteiger partial charge in [0.1, 0.15) is 0 Å². The van der Waals surface area contributed by atoms with Crippen molar-refractivity contribution in [2.45, 2.75) is 51.4 Å². The molecule has 7 nitrogen and oxygen atoms in total. The van der Waals surface area contributed by atoms with Crippen LogP contribution >= 0.6 is 0 Å². The minimum absolute atomic E-state index is 0.0724. The largest absolute Gasteiger partial charge is 0.481 e. The first-order valence-electron chi connectivity index (χ1n) is 8.86. The molecule has 2 rings (SSSR count). The number of rotatable bonds is 7. The molecule has 0 atom stereocenters. The Hall–Kier alpha value is -1.63. The summed E-state index contributed by atoms with van der Waals surface area (Å²) >= 11 is 0. The fourth-order valence-electron chi connectivity index (χ4n) is 3.46. The Kier molecular flexibility index (Phi) is 7.02. The van der Waals surface area contributed by atoms with Crippen molar-refractivity contribution >= 4 is 17.8 Å². The monoisotopic (exact) mass is 340 g/mol. The molecule has 0 bridgehead atoms. The Morgan fingerprint density at radius 2 is 1.67 bits per heavy atom. The van der Waals surface area contributed by atoms with Crippen molar-refractivity contribution < 1.29 is 24.2 Å². The summed E-state index contributed by atoms with van der Waals surface area (Å²) in [6, 6.07) is 0. The van der Waals surface area contributed by atoms with Gasteiger partial charge in [-0.05, 0) is 31.6 Å². The van der Waals surface area contributed by atoms with Crippen LogP contribution in [0, 0.1) is 11.3 Å². The molecule has 0 aromatic rings. The summed E-state index contributed by atoms with van der Waals surface area (Å²) in [7, 11) is 0. The van der Waals surface area contributed by atoms with E-state index >= 15 is 0 Å². The number of amides is 2. The van der Waals surface area contributed by atoms with Crippen LogP contribution in [0.5, 0.6) is 0 Å². The summed E-state index contributed by atoms with van der Waals surface area (Å²) in [4.78, 5) is 35.3. The highest BCUT2D eigenvalue weighted by Crippen LogP contribution is 2.30. The van der Waals surface area contributed by atoms with Crippen molar-refractivity contribution in [2.75, 3.05) is 26.3 Å². The maximum absolute atomic E-state index is 11.9. The van der Waals surface area contributed by atoms with Crippen LogP contribution in [0.2, 0.25) is 0 Å². The zero-order valence-electron chi connectivity index (χ0n) is 14.1. The zero-order valence-corrected chi connectivity index (χ0v) is 14.1. The first-order valence-corrected chi connectivity index (χ1v) is 8.86. The normalized spacial score (nSPS) is 21.0. The third-order valence-corrected chi connectivity index (χ3v) is 5.17. The highest BCUT2D eigenvalue weighted by atomic mass is 16.5. The van der Waals surface area contributed by atoms with E-state index < -0.39 is 11.4 Å². The maximum Gasteiger partial charge on any atom is 0.311 e. The van der Waals surface area contributed by atoms with E-state index in [4.69, 9.17) is 4.74 Å². The van der Waals surface area contributed by atoms with E-state index in [0.29, 0.717) is 38.4 Å². The van der Waals surface area contributed by atoms with Crippen molar-refractivity contribution in [3.63, 3.8) is 0 Å². The molecule has 1 saturated heterocycles. The average molecular weight is 340 g/mol. The second-order valence-corrected chi connectivity index (χ2v) is 6.96. The van der Waals surface area contributed by atoms with Crippen LogP contribution in [0.3, 0.4) is 0 Å². The van der Waals surface area contributed by atoms with Crippen LogP contribution in [0.4, 0.5) is 0 Å². The predicted octanol–water partition coefficient (Wildman–Crippen LogP) is 1.07. The summed E-state index contributed by atoms with van der Waals surface area (Å²) in [6.45, 7) is 0.751. The molecule has 0 aromatic carbocycles. The molecule has 1 saturated carbocycles. The molecule has 24 heavy (non-hydrogen) atoms. The standard InChI is InChI=1S/C17H28N2O5/c20-14(10-13-4-2-1-3-5-13)18-11-15(21)19-12-17(16(22)23)6-8-24-9-7-17/h13H,1-12H2,(H,18,20)(H,19,21)(H,22,23). The zero-order chi connectivity index (χ0) is 17.4. The van der Waals surface area contributed by atoms with E-state index in [-0.39, 0.29) is 24.9 Å². The van der Waals surface area contributed by atoms with E-state index in [1.807, 2.05) is 0 Å². The number of carbonyl (C=O) groups is 3. The van der Waals surface area contributed by atoms with Gasteiger partial charge >= 0.3 is 5.97 Å². The minimum atomic E-state index is -0.958. The molecule has 2 fully saturated rings. The molecule has 3 N–H and O–H groups in total. The molecule has 2 aliphatic rings. The number of hydrogen-bond acceptors (Lipinski definition) is 4. The van der Waals surface area contributed by atoms with E-state index in [1.165, 1.54) is 19.3 Å². The van der Waals surface area contributed by atoms with Crippen LogP contribution in [-0.4, -0.2) is 49.2 Å². The maximum atomic E-state index is 11.9. The van der Waals surface area contributed by atoms with Gasteiger partial charge in [-0.25, -0.2) is 0 Å². The molecule has 7 heteroatoms. The highest BCUT2D eigenvalue weighted by molar-refractivity contribution is 5.85. The number of carboxylic acids is 1. The van der Waals surface area contributed by atoms with Gasteiger partial charge in [0.05, 0.1) is 12.0 Å². The SMILES string of the molecule is O=C(CNC(=O)CC1CCCCC1)NCC1(C(=O)O)CCOCC1. The summed E-state index contributed by atoms with van der Waals surface area (Å²) < 4.78 is 5.20. The fraction of sp³-hybridized carbons (Fsp3) is 0.824. The fourth-order valence-corrected chi connectivity index (χ4v) is 3.46. The highest BCUT2D eigenvalue weighted by Gasteiger charge is 2.40. The van der Waals surface area contributed by atoms with Crippen LogP contribution in [-0.2, 0) is 19.1 Å². The molecule has 1 heterocycles. The Morgan fingerprint density at radius 3 is 2.29 bits per heavy atom. The predicted molar refractivity (Wildman–Crippen MR) is 87.3 cm³/mol. The van der Waals surface area contributed by atoms with Crippen LogP contribution in [0.1, 0.15) is 51.4 Å². The van der Waals surface area contributed by atoms with E-state index in [2.05, 4.69) is 10.6 Å². The molecular formula is C17H28N2O5. The van der Waals surface area contributed by atoms with Crippen LogP contribution in [0.15, 0.2) is 0 Å². The lowest BCUT2D eigenvalue weighted by molar-refractivity contribution is -0.154. The molecule has 0 unspecified atom stereocenters. The third kappa shape index (κ3) is 5.47. The second kappa shape index (κ2) is 9.01. The third-order valence-electron chi connectivity index (χ3n) is 5.17. The molecule has 0 radical (unpaired) electrons. The van der Waals surface area contributed by atoms with Crippen LogP contribution in [0.25, 0.3) is 0 Å². The van der Waals surface area contributed by atoms with Gasteiger partial charge in [-0.15, -0.1) is 0 Å². The van der Waals surface area contributed by atoms with Gasteiger partial charge in [-0.1, -0.05) is 19.3 Å². The Labute approximate surface area is 142 Å². The number of carbonyl (C=O) groups excluding carboxylic acids is 2. The van der Waals surface area contributed by atoms with Crippen molar-refractivity contribution in [3.05, 3.63) is 0 Å². The van der Waals surface area contributed by atoms with Crippen molar-refractivity contribution in [1.82, 2.24) is 10.6 Å². The van der Waals surface area contributed by atoms with Crippen LogP contribution < -0.4 is 10.6 Å². The quantitative estimate of drug-likeness (QED) is 0.643. The summed E-state index contributed by atoms with van der Waals surface area (Å²) in [6.07, 6.45) is 7.03. The summed E-state index contributed by atoms with van der Waals surface area (Å²) in [5.74, 6) is -0.929. The molecule has 0 aromatic heterocycles. The molecule has 1 aliphatic carbocycles. The number of carboxylic acid groups (broad SMARTS) is 1. The number of ether oxygens (including phenoxy) is 1. The lowest BCUT2D eigenvalue weighted by Crippen LogP contribution is -2.48. The number of hydrogen-bond donors (Lipinski definition) is 3. The van der Waals surface area contributed by atoms with E-state index in [0.717, 1.165) is 12.8 Å². The van der Waals surface area contributed by atoms with E-state index in [1.54, 1.807) is 0 Å². The van der Waals surface area contributed by atoms with Gasteiger partial charge in [-0.2, -0.15) is 0 Å². The second-order valence-electron chi connectivity index (χ2n) is 6.96. The lowest BCUT2D eigenvalue weighted by Gasteiger charge is -2.33. The number of nitrogens with one attached hydrogen (secondary N) is 2. The molecule has 1 aliphatic heterocycles. The number of aliphatic carboxylic acids is 1. The average Bonchev–Trinajstić information content (AvgIpc) is 2.60. The molecule has 0 spiro atoms. The van der Waals surface area contributed by atoms with Crippen molar-refractivity contribution in [3.8, 4) is 0 Å². The molecular weight excluding hydrogens is 312 g/mol. The van der Waals surface area contributed by atoms with Gasteiger partial charge in [-0.3, -0.25) is 14.4 Å². The first kappa shape index (κ1) is 18.7. The summed E-state index contributed by atoms with van der Waals surface area (Å²) in [5, 5.41) is 14.7. The smallest absolute Gasteiger partial charge is 0.311 e. The minimum Gasteiger partial charge on any atom is -0.481 e. The van der Waals surface area contributed by atoms with E-state index in [9.17, 15) is 19.5 Å².